The van der Waals surface area contributed by atoms with Gasteiger partial charge in [0.25, 0.3) is 0 Å². The Morgan fingerprint density at radius 1 is 1.17 bits per heavy atom. The highest BCUT2D eigenvalue weighted by atomic mass is 32.1. The second-order valence-corrected chi connectivity index (χ2v) is 6.54. The lowest BCUT2D eigenvalue weighted by Gasteiger charge is -2.26. The summed E-state index contributed by atoms with van der Waals surface area (Å²) in [5.74, 6) is -0.854. The summed E-state index contributed by atoms with van der Waals surface area (Å²) in [7, 11) is 0. The van der Waals surface area contributed by atoms with Gasteiger partial charge in [-0.1, -0.05) is 30.3 Å². The van der Waals surface area contributed by atoms with Crippen molar-refractivity contribution in [2.75, 3.05) is 11.4 Å². The second kappa shape index (κ2) is 5.94. The van der Waals surface area contributed by atoms with Crippen LogP contribution in [0.4, 0.5) is 5.69 Å². The van der Waals surface area contributed by atoms with Crippen molar-refractivity contribution in [3.05, 3.63) is 71.4 Å². The van der Waals surface area contributed by atoms with Gasteiger partial charge in [-0.25, -0.2) is 4.98 Å². The fraction of sp³-hybridized carbons (Fsp3) is 0.0526. The van der Waals surface area contributed by atoms with Gasteiger partial charge in [0, 0.05) is 17.5 Å². The molecule has 0 saturated carbocycles. The van der Waals surface area contributed by atoms with E-state index in [1.807, 2.05) is 54.7 Å². The Balaban J connectivity index is 1.77. The number of thiazole rings is 1. The van der Waals surface area contributed by atoms with Crippen LogP contribution in [0.1, 0.15) is 10.6 Å². The van der Waals surface area contributed by atoms with E-state index in [0.29, 0.717) is 0 Å². The molecule has 0 aliphatic carbocycles. The number of aliphatic carboxylic acids is 1. The summed E-state index contributed by atoms with van der Waals surface area (Å²) in [6, 6.07) is 15.9. The Bertz CT molecular complexity index is 955. The van der Waals surface area contributed by atoms with Crippen molar-refractivity contribution in [3.63, 3.8) is 0 Å². The number of aromatic nitrogens is 1. The zero-order chi connectivity index (χ0) is 16.5. The van der Waals surface area contributed by atoms with Gasteiger partial charge in [0.05, 0.1) is 10.2 Å². The Labute approximate surface area is 143 Å². The summed E-state index contributed by atoms with van der Waals surface area (Å²) in [6.45, 7) is -0.0536. The summed E-state index contributed by atoms with van der Waals surface area (Å²) < 4.78 is 1.16. The number of allylic oxidation sites excluding steroid dienone is 2. The lowest BCUT2D eigenvalue weighted by molar-refractivity contribution is -0.135. The van der Waals surface area contributed by atoms with Gasteiger partial charge >= 0.3 is 5.97 Å². The third-order valence-corrected chi connectivity index (χ3v) is 4.84. The van der Waals surface area contributed by atoms with Crippen molar-refractivity contribution < 1.29 is 9.90 Å². The highest BCUT2D eigenvalue weighted by Crippen LogP contribution is 2.34. The predicted molar refractivity (Wildman–Crippen MR) is 98.1 cm³/mol. The SMILES string of the molecule is O=C(O)CN1C=C/C(=C\c2nc3ccccc3s2)c2ccccc21. The second-order valence-electron chi connectivity index (χ2n) is 5.47. The molecule has 4 nitrogen and oxygen atoms in total. The molecule has 0 amide bonds. The number of anilines is 1. The summed E-state index contributed by atoms with van der Waals surface area (Å²) in [5, 5.41) is 10.0. The molecule has 1 aromatic heterocycles. The minimum atomic E-state index is -0.854. The van der Waals surface area contributed by atoms with Gasteiger partial charge in [-0.05, 0) is 35.9 Å². The zero-order valence-electron chi connectivity index (χ0n) is 12.7. The molecular weight excluding hydrogens is 320 g/mol. The molecule has 0 radical (unpaired) electrons. The molecule has 0 unspecified atom stereocenters. The molecule has 5 heteroatoms. The zero-order valence-corrected chi connectivity index (χ0v) is 13.5. The highest BCUT2D eigenvalue weighted by Gasteiger charge is 2.18. The minimum Gasteiger partial charge on any atom is -0.480 e. The van der Waals surface area contributed by atoms with Crippen LogP contribution in [0.3, 0.4) is 0 Å². The standard InChI is InChI=1S/C19H14N2O2S/c22-19(23)12-21-10-9-13(14-5-1-3-7-16(14)21)11-18-20-15-6-2-4-8-17(15)24-18/h1-11H,12H2,(H,22,23)/b13-11+. The highest BCUT2D eigenvalue weighted by molar-refractivity contribution is 7.19. The molecule has 0 saturated heterocycles. The minimum absolute atomic E-state index is 0.0536. The van der Waals surface area contributed by atoms with E-state index < -0.39 is 5.97 Å². The van der Waals surface area contributed by atoms with Gasteiger partial charge in [0.15, 0.2) is 0 Å². The number of hydrogen-bond acceptors (Lipinski definition) is 4. The monoisotopic (exact) mass is 334 g/mol. The third-order valence-electron chi connectivity index (χ3n) is 3.85. The molecule has 1 aliphatic heterocycles. The first-order valence-corrected chi connectivity index (χ1v) is 8.36. The van der Waals surface area contributed by atoms with Crippen molar-refractivity contribution in [1.29, 1.82) is 0 Å². The van der Waals surface area contributed by atoms with E-state index in [1.54, 1.807) is 16.2 Å². The first-order chi connectivity index (χ1) is 11.7. The maximum atomic E-state index is 11.1. The van der Waals surface area contributed by atoms with Crippen LogP contribution in [0.5, 0.6) is 0 Å². The predicted octanol–water partition coefficient (Wildman–Crippen LogP) is 4.26. The van der Waals surface area contributed by atoms with E-state index in [0.717, 1.165) is 32.0 Å². The number of fused-ring (bicyclic) bond motifs is 2. The van der Waals surface area contributed by atoms with Crippen LogP contribution < -0.4 is 4.90 Å². The molecule has 1 N–H and O–H groups in total. The molecule has 4 rings (SSSR count). The molecule has 3 aromatic rings. The Kier molecular flexibility index (Phi) is 3.63. The normalized spacial score (nSPS) is 15.0. The van der Waals surface area contributed by atoms with Crippen LogP contribution in [0, 0.1) is 0 Å². The van der Waals surface area contributed by atoms with E-state index in [4.69, 9.17) is 5.11 Å². The van der Waals surface area contributed by atoms with Crippen LogP contribution in [0.25, 0.3) is 21.9 Å². The first kappa shape index (κ1) is 14.7. The maximum absolute atomic E-state index is 11.1. The third kappa shape index (κ3) is 2.70. The molecule has 0 fully saturated rings. The van der Waals surface area contributed by atoms with E-state index in [1.165, 1.54) is 0 Å². The molecule has 24 heavy (non-hydrogen) atoms. The Morgan fingerprint density at radius 3 is 2.79 bits per heavy atom. The average molecular weight is 334 g/mol. The van der Waals surface area contributed by atoms with Gasteiger partial charge in [-0.2, -0.15) is 0 Å². The molecule has 0 atom stereocenters. The van der Waals surface area contributed by atoms with E-state index in [-0.39, 0.29) is 6.54 Å². The Morgan fingerprint density at radius 2 is 1.96 bits per heavy atom. The number of carboxylic acids is 1. The van der Waals surface area contributed by atoms with Gasteiger partial charge < -0.3 is 10.0 Å². The first-order valence-electron chi connectivity index (χ1n) is 7.54. The van der Waals surface area contributed by atoms with Crippen LogP contribution in [0.15, 0.2) is 60.8 Å². The summed E-state index contributed by atoms with van der Waals surface area (Å²) in [4.78, 5) is 17.4. The quantitative estimate of drug-likeness (QED) is 0.778. The fourth-order valence-corrected chi connectivity index (χ4v) is 3.72. The van der Waals surface area contributed by atoms with Crippen LogP contribution in [-0.4, -0.2) is 22.6 Å². The van der Waals surface area contributed by atoms with E-state index >= 15 is 0 Å². The van der Waals surface area contributed by atoms with E-state index in [9.17, 15) is 4.79 Å². The van der Waals surface area contributed by atoms with Crippen LogP contribution in [-0.2, 0) is 4.79 Å². The molecule has 1 aliphatic rings. The number of nitrogens with zero attached hydrogens (tertiary/aromatic N) is 2. The number of carboxylic acid groups (broad SMARTS) is 1. The molecule has 2 aromatic carbocycles. The largest absolute Gasteiger partial charge is 0.480 e. The van der Waals surface area contributed by atoms with Crippen molar-refractivity contribution in [3.8, 4) is 0 Å². The number of para-hydroxylation sites is 2. The smallest absolute Gasteiger partial charge is 0.323 e. The summed E-state index contributed by atoms with van der Waals surface area (Å²) >= 11 is 1.65. The van der Waals surface area contributed by atoms with Gasteiger partial charge in [0.1, 0.15) is 11.6 Å². The van der Waals surface area contributed by atoms with Gasteiger partial charge in [-0.15, -0.1) is 11.3 Å². The molecular formula is C19H14N2O2S. The van der Waals surface area contributed by atoms with Crippen molar-refractivity contribution in [2.24, 2.45) is 0 Å². The summed E-state index contributed by atoms with van der Waals surface area (Å²) in [5.41, 5.74) is 3.94. The number of benzene rings is 2. The maximum Gasteiger partial charge on any atom is 0.323 e. The molecule has 0 bridgehead atoms. The number of rotatable bonds is 3. The van der Waals surface area contributed by atoms with Crippen LogP contribution in [0.2, 0.25) is 0 Å². The summed E-state index contributed by atoms with van der Waals surface area (Å²) in [6.07, 6.45) is 5.81. The van der Waals surface area contributed by atoms with Crippen molar-refractivity contribution >= 4 is 44.9 Å². The van der Waals surface area contributed by atoms with Crippen molar-refractivity contribution in [2.45, 2.75) is 0 Å². The van der Waals surface area contributed by atoms with Crippen molar-refractivity contribution in [1.82, 2.24) is 4.98 Å². The molecule has 0 spiro atoms. The van der Waals surface area contributed by atoms with Crippen LogP contribution >= 0.6 is 11.3 Å². The average Bonchev–Trinajstić information content (AvgIpc) is 2.99. The van der Waals surface area contributed by atoms with E-state index in [2.05, 4.69) is 17.1 Å². The lowest BCUT2D eigenvalue weighted by atomic mass is 10.00. The topological polar surface area (TPSA) is 53.4 Å². The Hall–Kier alpha value is -2.92. The number of carbonyl (C=O) groups is 1. The van der Waals surface area contributed by atoms with Gasteiger partial charge in [0.2, 0.25) is 0 Å². The fourth-order valence-electron chi connectivity index (χ4n) is 2.80. The van der Waals surface area contributed by atoms with Gasteiger partial charge in [-0.3, -0.25) is 4.79 Å². The number of hydrogen-bond donors (Lipinski definition) is 1. The lowest BCUT2D eigenvalue weighted by Crippen LogP contribution is -2.26. The molecule has 2 heterocycles. The molecule has 118 valence electrons.